The molecule has 0 aliphatic rings. The van der Waals surface area contributed by atoms with E-state index in [0.717, 1.165) is 48.6 Å². The van der Waals surface area contributed by atoms with Crippen LogP contribution in [-0.2, 0) is 60.1 Å². The Balaban J connectivity index is 1.23. The summed E-state index contributed by atoms with van der Waals surface area (Å²) in [7, 11) is -27.2. The van der Waals surface area contributed by atoms with Gasteiger partial charge >= 0.3 is 0 Å². The number of hydrogen-bond acceptors (Lipinski definition) is 20. The first-order valence-corrected chi connectivity index (χ1v) is 29.0. The zero-order chi connectivity index (χ0) is 51.5. The second kappa shape index (κ2) is 20.7. The number of nitrogens with zero attached hydrogens (tertiary/aromatic N) is 6. The number of aromatic nitrogens is 6. The molecule has 2 aromatic heterocycles. The maximum absolute atomic E-state index is 12.6. The lowest BCUT2D eigenvalue weighted by molar-refractivity contribution is 0.480. The highest BCUT2D eigenvalue weighted by molar-refractivity contribution is 7.93. The molecule has 0 atom stereocenters. The van der Waals surface area contributed by atoms with Gasteiger partial charge in [-0.15, -0.1) is 0 Å². The van der Waals surface area contributed by atoms with Crippen LogP contribution in [0.1, 0.15) is 11.1 Å². The van der Waals surface area contributed by atoms with Crippen molar-refractivity contribution in [1.82, 2.24) is 29.9 Å². The summed E-state index contributed by atoms with van der Waals surface area (Å²) < 4.78 is 182. The van der Waals surface area contributed by atoms with Crippen LogP contribution >= 0.6 is 23.2 Å². The van der Waals surface area contributed by atoms with E-state index in [9.17, 15) is 59.6 Å². The van der Waals surface area contributed by atoms with Gasteiger partial charge in [0, 0.05) is 11.4 Å². The monoisotopic (exact) mass is 1120 g/mol. The maximum atomic E-state index is 12.6. The molecule has 0 saturated heterocycles. The van der Waals surface area contributed by atoms with Crippen LogP contribution in [0.15, 0.2) is 114 Å². The summed E-state index contributed by atoms with van der Waals surface area (Å²) in [6.07, 6.45) is 2.23. The average molecular weight is 1120 g/mol. The van der Waals surface area contributed by atoms with Gasteiger partial charge in [-0.25, -0.2) is 26.8 Å². The van der Waals surface area contributed by atoms with Crippen molar-refractivity contribution in [3.63, 3.8) is 0 Å². The zero-order valence-electron chi connectivity index (χ0n) is 34.6. The molecule has 6 aromatic rings. The number of rotatable bonds is 18. The highest BCUT2D eigenvalue weighted by Crippen LogP contribution is 2.28. The van der Waals surface area contributed by atoms with E-state index in [1.807, 2.05) is 0 Å². The summed E-state index contributed by atoms with van der Waals surface area (Å²) in [6.45, 7) is 0. The van der Waals surface area contributed by atoms with Crippen molar-refractivity contribution in [2.24, 2.45) is 9.98 Å². The third-order valence-electron chi connectivity index (χ3n) is 8.88. The Labute approximate surface area is 407 Å². The van der Waals surface area contributed by atoms with Gasteiger partial charge in [0.05, 0.1) is 44.2 Å². The number of nitrogens with one attached hydrogen (secondary N) is 4. The minimum atomic E-state index is -5.00. The zero-order valence-corrected chi connectivity index (χ0v) is 41.1. The van der Waals surface area contributed by atoms with Gasteiger partial charge in [-0.2, -0.15) is 53.6 Å². The molecule has 34 heteroatoms. The normalized spacial score (nSPS) is 13.5. The van der Waals surface area contributed by atoms with E-state index < -0.39 is 92.9 Å². The van der Waals surface area contributed by atoms with E-state index in [4.69, 9.17) is 32.3 Å². The van der Waals surface area contributed by atoms with Crippen molar-refractivity contribution in [2.45, 2.75) is 19.6 Å². The van der Waals surface area contributed by atoms with E-state index in [-0.39, 0.29) is 77.4 Å². The first-order chi connectivity index (χ1) is 32.4. The van der Waals surface area contributed by atoms with E-state index in [2.05, 4.69) is 50.5 Å². The molecule has 0 spiro atoms. The van der Waals surface area contributed by atoms with Crippen molar-refractivity contribution in [3.8, 4) is 0 Å². The second-order valence-electron chi connectivity index (χ2n) is 14.0. The molecule has 26 nitrogen and oxygen atoms in total. The Morgan fingerprint density at radius 2 is 0.829 bits per heavy atom. The smallest absolute Gasteiger partial charge is 0.295 e. The SMILES string of the molecule is O=S(=O)(O)CCS(=O)(=O)c1ccc(Nc2nc(Cl)[nH]c(=Nc3ccc(/C=C/c4ccc(N=c5nc(Nc6ccc(S(=O)(=O)CCS(=O)(=O)O)cc6)nc(Cl)[nH]5)cc4S(=O)(=O)O)c(S(=O)(=O)O)c3)n2)cc1. The van der Waals surface area contributed by atoms with Crippen LogP contribution in [0.5, 0.6) is 0 Å². The first kappa shape index (κ1) is 53.3. The lowest BCUT2D eigenvalue weighted by Gasteiger charge is -2.08. The summed E-state index contributed by atoms with van der Waals surface area (Å²) in [6, 6.07) is 16.7. The Morgan fingerprint density at radius 3 is 1.14 bits per heavy atom. The van der Waals surface area contributed by atoms with Gasteiger partial charge in [-0.3, -0.25) is 28.2 Å². The molecule has 0 aliphatic heterocycles. The number of hydrogen-bond donors (Lipinski definition) is 8. The fourth-order valence-corrected chi connectivity index (χ4v) is 12.4. The number of H-pyrrole nitrogens is 2. The fraction of sp³-hybridized carbons (Fsp3) is 0.111. The third-order valence-corrected chi connectivity index (χ3v) is 16.5. The molecule has 0 bridgehead atoms. The molecule has 0 fully saturated rings. The number of benzene rings is 4. The molecule has 4 aromatic carbocycles. The third kappa shape index (κ3) is 15.2. The summed E-state index contributed by atoms with van der Waals surface area (Å²) in [5, 5.41) is 5.00. The fourth-order valence-electron chi connectivity index (χ4n) is 5.70. The molecule has 2 heterocycles. The van der Waals surface area contributed by atoms with Crippen LogP contribution in [0.2, 0.25) is 10.6 Å². The topological polar surface area (TPSA) is 418 Å². The molecular formula is C36H32Cl2N10O16S6. The lowest BCUT2D eigenvalue weighted by Crippen LogP contribution is -2.17. The van der Waals surface area contributed by atoms with Gasteiger partial charge in [0.1, 0.15) is 9.79 Å². The molecular weight excluding hydrogens is 1090 g/mol. The highest BCUT2D eigenvalue weighted by Gasteiger charge is 2.21. The van der Waals surface area contributed by atoms with E-state index in [0.29, 0.717) is 0 Å². The standard InChI is InChI=1S/C36H32Cl2N10O16S6/c37-31-43-33(39-23-7-11-27(12-8-23)65(49,50)15-17-67(53,54)55)47-35(45-31)41-25-5-3-21(29(19-25)69(59,60)61)1-2-22-4-6-26(20-30(22)70(62,63)64)42-36-46-32(38)44-34(48-36)40-24-9-13-28(14-10-24)66(51,52)16-18-68(56,57)58/h1-14,19-20H,15-18H2,(H,53,54,55)(H,56,57,58)(H,59,60,61)(H,62,63,64)(H2,39,41,43,45,47)(H2,40,42,44,46,48)/b2-1+. The van der Waals surface area contributed by atoms with Crippen molar-refractivity contribution >= 4 is 130 Å². The van der Waals surface area contributed by atoms with Crippen LogP contribution in [0.25, 0.3) is 12.2 Å². The van der Waals surface area contributed by atoms with Crippen LogP contribution in [0.4, 0.5) is 34.6 Å². The number of sulfone groups is 2. The Bertz CT molecular complexity index is 3640. The molecule has 70 heavy (non-hydrogen) atoms. The predicted octanol–water partition coefficient (Wildman–Crippen LogP) is 3.17. The van der Waals surface area contributed by atoms with Gasteiger partial charge in [-0.1, -0.05) is 24.3 Å². The minimum Gasteiger partial charge on any atom is -0.324 e. The molecule has 0 saturated carbocycles. The summed E-state index contributed by atoms with van der Waals surface area (Å²) in [4.78, 5) is 27.8. The van der Waals surface area contributed by atoms with Crippen LogP contribution in [-0.4, -0.2) is 122 Å². The van der Waals surface area contributed by atoms with E-state index in [1.165, 1.54) is 48.5 Å². The van der Waals surface area contributed by atoms with Crippen molar-refractivity contribution < 1.29 is 68.7 Å². The molecule has 6 rings (SSSR count). The Morgan fingerprint density at radius 1 is 0.486 bits per heavy atom. The summed E-state index contributed by atoms with van der Waals surface area (Å²) in [5.74, 6) is -4.09. The Kier molecular flexibility index (Phi) is 15.8. The Hall–Kier alpha value is -6.04. The second-order valence-corrected chi connectivity index (χ2v) is 24.9. The van der Waals surface area contributed by atoms with Crippen molar-refractivity contribution in [3.05, 3.63) is 118 Å². The van der Waals surface area contributed by atoms with Gasteiger partial charge in [0.25, 0.3) is 40.5 Å². The molecule has 0 amide bonds. The van der Waals surface area contributed by atoms with Gasteiger partial charge in [-0.05, 0) is 107 Å². The van der Waals surface area contributed by atoms with Gasteiger partial charge in [0.2, 0.25) is 33.7 Å². The predicted molar refractivity (Wildman–Crippen MR) is 251 cm³/mol. The molecule has 0 unspecified atom stereocenters. The van der Waals surface area contributed by atoms with Gasteiger partial charge in [0.15, 0.2) is 19.7 Å². The lowest BCUT2D eigenvalue weighted by atomic mass is 10.1. The van der Waals surface area contributed by atoms with Crippen LogP contribution in [0.3, 0.4) is 0 Å². The van der Waals surface area contributed by atoms with E-state index in [1.54, 1.807) is 0 Å². The average Bonchev–Trinajstić information content (AvgIpc) is 3.24. The number of aromatic amines is 2. The quantitative estimate of drug-likeness (QED) is 0.0452. The summed E-state index contributed by atoms with van der Waals surface area (Å²) in [5.41, 5.74) is -0.560. The molecule has 0 radical (unpaired) electrons. The molecule has 372 valence electrons. The molecule has 0 aliphatic carbocycles. The minimum absolute atomic E-state index is 0.106. The van der Waals surface area contributed by atoms with Gasteiger partial charge < -0.3 is 10.6 Å². The van der Waals surface area contributed by atoms with Crippen molar-refractivity contribution in [2.75, 3.05) is 33.6 Å². The highest BCUT2D eigenvalue weighted by atomic mass is 35.5. The number of anilines is 4. The summed E-state index contributed by atoms with van der Waals surface area (Å²) >= 11 is 12.2. The van der Waals surface area contributed by atoms with E-state index >= 15 is 0 Å². The first-order valence-electron chi connectivity index (χ1n) is 18.8. The largest absolute Gasteiger partial charge is 0.324 e. The molecule has 8 N–H and O–H groups in total. The van der Waals surface area contributed by atoms with Crippen LogP contribution in [0, 0.1) is 0 Å². The number of halogens is 2. The van der Waals surface area contributed by atoms with Crippen molar-refractivity contribution in [1.29, 1.82) is 0 Å². The van der Waals surface area contributed by atoms with Crippen LogP contribution < -0.4 is 21.9 Å². The maximum Gasteiger partial charge on any atom is 0.295 e.